The Morgan fingerprint density at radius 1 is 1.25 bits per heavy atom. The standard InChI is InChI=1S/C15H14N2O3/c16-11-5-1-3-9-4-2-6-12(14(9)11)17-8-10(15(19)20)7-13(17)18/h1-6,10H,7-8,16H2,(H,19,20). The van der Waals surface area contributed by atoms with E-state index in [1.807, 2.05) is 24.3 Å². The average Bonchev–Trinajstić information content (AvgIpc) is 2.81. The van der Waals surface area contributed by atoms with Crippen molar-refractivity contribution < 1.29 is 14.7 Å². The zero-order valence-corrected chi connectivity index (χ0v) is 10.7. The highest BCUT2D eigenvalue weighted by Gasteiger charge is 2.35. The number of carbonyl (C=O) groups is 2. The first-order chi connectivity index (χ1) is 9.58. The summed E-state index contributed by atoms with van der Waals surface area (Å²) in [6.07, 6.45) is 0.0401. The van der Waals surface area contributed by atoms with Crippen LogP contribution in [0.1, 0.15) is 6.42 Å². The summed E-state index contributed by atoms with van der Waals surface area (Å²) in [5.41, 5.74) is 7.29. The molecule has 1 aliphatic rings. The SMILES string of the molecule is Nc1cccc2cccc(N3CC(C(=O)O)CC3=O)c12. The van der Waals surface area contributed by atoms with E-state index in [9.17, 15) is 9.59 Å². The van der Waals surface area contributed by atoms with E-state index in [0.29, 0.717) is 11.4 Å². The number of aliphatic carboxylic acids is 1. The molecule has 1 atom stereocenters. The van der Waals surface area contributed by atoms with Gasteiger partial charge in [0.2, 0.25) is 5.91 Å². The first-order valence-corrected chi connectivity index (χ1v) is 6.38. The fourth-order valence-electron chi connectivity index (χ4n) is 2.68. The largest absolute Gasteiger partial charge is 0.481 e. The Hall–Kier alpha value is -2.56. The van der Waals surface area contributed by atoms with Gasteiger partial charge in [-0.2, -0.15) is 0 Å². The molecule has 1 saturated heterocycles. The van der Waals surface area contributed by atoms with Crippen LogP contribution in [0.3, 0.4) is 0 Å². The number of nitrogen functional groups attached to an aromatic ring is 1. The van der Waals surface area contributed by atoms with Crippen molar-refractivity contribution in [1.82, 2.24) is 0 Å². The fourth-order valence-corrected chi connectivity index (χ4v) is 2.68. The molecule has 0 saturated carbocycles. The number of nitrogens with zero attached hydrogens (tertiary/aromatic N) is 1. The molecular formula is C15H14N2O3. The van der Waals surface area contributed by atoms with E-state index in [1.165, 1.54) is 4.90 Å². The van der Waals surface area contributed by atoms with E-state index < -0.39 is 11.9 Å². The van der Waals surface area contributed by atoms with Crippen molar-refractivity contribution in [3.05, 3.63) is 36.4 Å². The second-order valence-corrected chi connectivity index (χ2v) is 4.97. The molecule has 2 aromatic carbocycles. The highest BCUT2D eigenvalue weighted by molar-refractivity contribution is 6.10. The summed E-state index contributed by atoms with van der Waals surface area (Å²) in [5, 5.41) is 10.8. The molecule has 102 valence electrons. The van der Waals surface area contributed by atoms with Gasteiger partial charge in [-0.25, -0.2) is 0 Å². The third-order valence-electron chi connectivity index (χ3n) is 3.68. The van der Waals surface area contributed by atoms with Crippen LogP contribution in [0.4, 0.5) is 11.4 Å². The van der Waals surface area contributed by atoms with Crippen molar-refractivity contribution in [3.63, 3.8) is 0 Å². The summed E-state index contributed by atoms with van der Waals surface area (Å²) in [4.78, 5) is 24.6. The Kier molecular flexibility index (Phi) is 2.82. The zero-order valence-electron chi connectivity index (χ0n) is 10.7. The van der Waals surface area contributed by atoms with Crippen LogP contribution in [0.15, 0.2) is 36.4 Å². The van der Waals surface area contributed by atoms with Gasteiger partial charge in [-0.3, -0.25) is 9.59 Å². The van der Waals surface area contributed by atoms with Gasteiger partial charge in [0.25, 0.3) is 0 Å². The minimum atomic E-state index is -0.936. The molecular weight excluding hydrogens is 256 g/mol. The molecule has 1 unspecified atom stereocenters. The van der Waals surface area contributed by atoms with Crippen molar-refractivity contribution in [2.75, 3.05) is 17.2 Å². The second kappa shape index (κ2) is 4.52. The molecule has 1 heterocycles. The second-order valence-electron chi connectivity index (χ2n) is 4.97. The molecule has 2 aromatic rings. The molecule has 0 bridgehead atoms. The van der Waals surface area contributed by atoms with Crippen molar-refractivity contribution in [3.8, 4) is 0 Å². The minimum absolute atomic E-state index is 0.0401. The molecule has 1 fully saturated rings. The molecule has 1 aliphatic heterocycles. The number of nitrogens with two attached hydrogens (primary N) is 1. The quantitative estimate of drug-likeness (QED) is 0.816. The lowest BCUT2D eigenvalue weighted by Gasteiger charge is -2.19. The van der Waals surface area contributed by atoms with Crippen LogP contribution >= 0.6 is 0 Å². The van der Waals surface area contributed by atoms with Crippen LogP contribution in [0.2, 0.25) is 0 Å². The Labute approximate surface area is 115 Å². The van der Waals surface area contributed by atoms with Crippen LogP contribution in [-0.4, -0.2) is 23.5 Å². The molecule has 5 nitrogen and oxygen atoms in total. The van der Waals surface area contributed by atoms with Crippen LogP contribution in [-0.2, 0) is 9.59 Å². The maximum atomic E-state index is 12.1. The number of fused-ring (bicyclic) bond motifs is 1. The Balaban J connectivity index is 2.11. The van der Waals surface area contributed by atoms with Crippen LogP contribution in [0.5, 0.6) is 0 Å². The number of anilines is 2. The summed E-state index contributed by atoms with van der Waals surface area (Å²) in [6, 6.07) is 11.1. The van der Waals surface area contributed by atoms with Gasteiger partial charge in [0.15, 0.2) is 0 Å². The van der Waals surface area contributed by atoms with Gasteiger partial charge in [-0.1, -0.05) is 24.3 Å². The zero-order chi connectivity index (χ0) is 14.3. The fraction of sp³-hybridized carbons (Fsp3) is 0.200. The summed E-state index contributed by atoms with van der Waals surface area (Å²) >= 11 is 0. The molecule has 5 heteroatoms. The van der Waals surface area contributed by atoms with Crippen molar-refractivity contribution in [2.45, 2.75) is 6.42 Å². The lowest BCUT2D eigenvalue weighted by Crippen LogP contribution is -2.26. The van der Waals surface area contributed by atoms with Crippen molar-refractivity contribution in [2.24, 2.45) is 5.92 Å². The predicted octanol–water partition coefficient (Wildman–Crippen LogP) is 1.86. The summed E-state index contributed by atoms with van der Waals surface area (Å²) < 4.78 is 0. The van der Waals surface area contributed by atoms with Gasteiger partial charge >= 0.3 is 5.97 Å². The number of hydrogen-bond donors (Lipinski definition) is 2. The Morgan fingerprint density at radius 2 is 1.95 bits per heavy atom. The van der Waals surface area contributed by atoms with E-state index in [1.54, 1.807) is 12.1 Å². The Bertz CT molecular complexity index is 706. The first kappa shape index (κ1) is 12.5. The average molecular weight is 270 g/mol. The van der Waals surface area contributed by atoms with Gasteiger partial charge in [-0.15, -0.1) is 0 Å². The third-order valence-corrected chi connectivity index (χ3v) is 3.68. The van der Waals surface area contributed by atoms with Gasteiger partial charge in [-0.05, 0) is 17.5 Å². The molecule has 3 N–H and O–H groups in total. The van der Waals surface area contributed by atoms with Gasteiger partial charge in [0.05, 0.1) is 11.6 Å². The lowest BCUT2D eigenvalue weighted by atomic mass is 10.1. The first-order valence-electron chi connectivity index (χ1n) is 6.38. The topological polar surface area (TPSA) is 83.6 Å². The smallest absolute Gasteiger partial charge is 0.308 e. The highest BCUT2D eigenvalue weighted by atomic mass is 16.4. The van der Waals surface area contributed by atoms with Crippen LogP contribution < -0.4 is 10.6 Å². The number of hydrogen-bond acceptors (Lipinski definition) is 3. The van der Waals surface area contributed by atoms with E-state index in [0.717, 1.165) is 10.8 Å². The van der Waals surface area contributed by atoms with E-state index in [-0.39, 0.29) is 18.9 Å². The van der Waals surface area contributed by atoms with Crippen molar-refractivity contribution in [1.29, 1.82) is 0 Å². The van der Waals surface area contributed by atoms with Crippen LogP contribution in [0.25, 0.3) is 10.8 Å². The van der Waals surface area contributed by atoms with Crippen LogP contribution in [0, 0.1) is 5.92 Å². The lowest BCUT2D eigenvalue weighted by molar-refractivity contribution is -0.141. The summed E-state index contributed by atoms with van der Waals surface area (Å²) in [6.45, 7) is 0.196. The molecule has 1 amide bonds. The molecule has 0 radical (unpaired) electrons. The number of rotatable bonds is 2. The number of carboxylic acids is 1. The normalized spacial score (nSPS) is 18.7. The van der Waals surface area contributed by atoms with E-state index in [4.69, 9.17) is 10.8 Å². The summed E-state index contributed by atoms with van der Waals surface area (Å²) in [5.74, 6) is -1.76. The maximum absolute atomic E-state index is 12.1. The summed E-state index contributed by atoms with van der Waals surface area (Å²) in [7, 11) is 0. The van der Waals surface area contributed by atoms with Gasteiger partial charge < -0.3 is 15.7 Å². The van der Waals surface area contributed by atoms with E-state index in [2.05, 4.69) is 0 Å². The van der Waals surface area contributed by atoms with Gasteiger partial charge in [0.1, 0.15) is 0 Å². The molecule has 0 spiro atoms. The third kappa shape index (κ3) is 1.87. The Morgan fingerprint density at radius 3 is 2.60 bits per heavy atom. The number of amides is 1. The molecule has 3 rings (SSSR count). The monoisotopic (exact) mass is 270 g/mol. The number of carboxylic acid groups (broad SMARTS) is 1. The van der Waals surface area contributed by atoms with Crippen molar-refractivity contribution >= 4 is 34.0 Å². The number of benzene rings is 2. The van der Waals surface area contributed by atoms with E-state index >= 15 is 0 Å². The molecule has 0 aliphatic carbocycles. The highest BCUT2D eigenvalue weighted by Crippen LogP contribution is 2.34. The maximum Gasteiger partial charge on any atom is 0.308 e. The predicted molar refractivity (Wildman–Crippen MR) is 76.5 cm³/mol. The number of carbonyl (C=O) groups excluding carboxylic acids is 1. The van der Waals surface area contributed by atoms with Gasteiger partial charge in [0, 0.05) is 24.0 Å². The molecule has 0 aromatic heterocycles. The molecule has 20 heavy (non-hydrogen) atoms. The minimum Gasteiger partial charge on any atom is -0.481 e.